The van der Waals surface area contributed by atoms with Gasteiger partial charge in [-0.1, -0.05) is 32.9 Å². The van der Waals surface area contributed by atoms with Gasteiger partial charge in [0.1, 0.15) is 5.75 Å². The lowest BCUT2D eigenvalue weighted by molar-refractivity contribution is -0.128. The molecule has 0 aromatic heterocycles. The first-order valence-electron chi connectivity index (χ1n) is 8.25. The molecule has 1 saturated heterocycles. The van der Waals surface area contributed by atoms with E-state index in [4.69, 9.17) is 4.74 Å². The molecule has 1 heterocycles. The molecule has 1 fully saturated rings. The molecule has 0 aliphatic carbocycles. The Morgan fingerprint density at radius 3 is 2.82 bits per heavy atom. The van der Waals surface area contributed by atoms with Gasteiger partial charge in [0.05, 0.1) is 0 Å². The topological polar surface area (TPSA) is 50.4 Å². The van der Waals surface area contributed by atoms with E-state index in [1.165, 1.54) is 5.56 Å². The number of nitrogens with one attached hydrogen (secondary N) is 2. The zero-order valence-electron chi connectivity index (χ0n) is 14.1. The second kappa shape index (κ2) is 7.63. The van der Waals surface area contributed by atoms with Gasteiger partial charge < -0.3 is 15.4 Å². The molecule has 0 radical (unpaired) electrons. The van der Waals surface area contributed by atoms with Crippen LogP contribution in [0, 0.1) is 5.92 Å². The van der Waals surface area contributed by atoms with Gasteiger partial charge in [0.25, 0.3) is 5.91 Å². The zero-order chi connectivity index (χ0) is 16.1. The minimum absolute atomic E-state index is 0.0336. The lowest BCUT2D eigenvalue weighted by Gasteiger charge is -2.31. The van der Waals surface area contributed by atoms with Gasteiger partial charge in [0, 0.05) is 6.04 Å². The maximum absolute atomic E-state index is 12.3. The van der Waals surface area contributed by atoms with Gasteiger partial charge in [-0.05, 0) is 56.0 Å². The Morgan fingerprint density at radius 1 is 1.36 bits per heavy atom. The number of carbonyl (C=O) groups excluding carboxylic acids is 1. The molecule has 1 amide bonds. The monoisotopic (exact) mass is 304 g/mol. The lowest BCUT2D eigenvalue weighted by atomic mass is 9.95. The fourth-order valence-corrected chi connectivity index (χ4v) is 2.73. The summed E-state index contributed by atoms with van der Waals surface area (Å²) in [5, 5.41) is 6.46. The van der Waals surface area contributed by atoms with Gasteiger partial charge in [-0.15, -0.1) is 0 Å². The predicted octanol–water partition coefficient (Wildman–Crippen LogP) is 2.69. The molecule has 122 valence electrons. The quantitative estimate of drug-likeness (QED) is 0.879. The minimum Gasteiger partial charge on any atom is -0.481 e. The molecule has 0 bridgehead atoms. The van der Waals surface area contributed by atoms with Gasteiger partial charge in [-0.3, -0.25) is 4.79 Å². The maximum atomic E-state index is 12.3. The van der Waals surface area contributed by atoms with Crippen LogP contribution in [-0.2, 0) is 4.79 Å². The summed E-state index contributed by atoms with van der Waals surface area (Å²) in [4.78, 5) is 12.3. The van der Waals surface area contributed by atoms with E-state index < -0.39 is 6.10 Å². The second-order valence-electron chi connectivity index (χ2n) is 6.57. The van der Waals surface area contributed by atoms with E-state index in [-0.39, 0.29) is 11.9 Å². The molecule has 1 aliphatic heterocycles. The molecule has 1 aromatic rings. The number of benzene rings is 1. The van der Waals surface area contributed by atoms with Crippen molar-refractivity contribution in [2.45, 2.75) is 52.2 Å². The van der Waals surface area contributed by atoms with Crippen LogP contribution in [-0.4, -0.2) is 31.1 Å². The van der Waals surface area contributed by atoms with Gasteiger partial charge in [0.2, 0.25) is 0 Å². The van der Waals surface area contributed by atoms with Gasteiger partial charge in [-0.25, -0.2) is 0 Å². The number of carbonyl (C=O) groups is 1. The van der Waals surface area contributed by atoms with E-state index in [2.05, 4.69) is 37.5 Å². The molecule has 3 atom stereocenters. The van der Waals surface area contributed by atoms with Crippen LogP contribution in [0.25, 0.3) is 0 Å². The summed E-state index contributed by atoms with van der Waals surface area (Å²) in [7, 11) is 0. The van der Waals surface area contributed by atoms with E-state index in [1.807, 2.05) is 25.1 Å². The molecule has 0 saturated carbocycles. The van der Waals surface area contributed by atoms with Crippen molar-refractivity contribution in [2.75, 3.05) is 13.1 Å². The van der Waals surface area contributed by atoms with Crippen LogP contribution in [0.1, 0.15) is 45.6 Å². The molecule has 22 heavy (non-hydrogen) atoms. The summed E-state index contributed by atoms with van der Waals surface area (Å²) in [6.07, 6.45) is 0.493. The van der Waals surface area contributed by atoms with E-state index in [0.29, 0.717) is 11.8 Å². The van der Waals surface area contributed by atoms with Crippen LogP contribution in [0.4, 0.5) is 0 Å². The molecule has 4 heteroatoms. The van der Waals surface area contributed by atoms with E-state index in [0.717, 1.165) is 25.3 Å². The van der Waals surface area contributed by atoms with Crippen molar-refractivity contribution in [3.8, 4) is 5.75 Å². The van der Waals surface area contributed by atoms with Crippen molar-refractivity contribution in [3.63, 3.8) is 0 Å². The third-order valence-electron chi connectivity index (χ3n) is 4.32. The average Bonchev–Trinajstić information content (AvgIpc) is 2.49. The first-order valence-corrected chi connectivity index (χ1v) is 8.25. The zero-order valence-corrected chi connectivity index (χ0v) is 14.1. The van der Waals surface area contributed by atoms with Crippen LogP contribution >= 0.6 is 0 Å². The molecule has 1 aliphatic rings. The number of hydrogen-bond donors (Lipinski definition) is 2. The van der Waals surface area contributed by atoms with Crippen molar-refractivity contribution >= 4 is 5.91 Å². The van der Waals surface area contributed by atoms with E-state index >= 15 is 0 Å². The largest absolute Gasteiger partial charge is 0.481 e. The normalized spacial score (nSPS) is 23.1. The van der Waals surface area contributed by atoms with Crippen molar-refractivity contribution in [3.05, 3.63) is 29.8 Å². The minimum atomic E-state index is -0.482. The average molecular weight is 304 g/mol. The third kappa shape index (κ3) is 4.47. The number of amides is 1. The highest BCUT2D eigenvalue weighted by Crippen LogP contribution is 2.21. The summed E-state index contributed by atoms with van der Waals surface area (Å²) < 4.78 is 5.82. The maximum Gasteiger partial charge on any atom is 0.261 e. The first kappa shape index (κ1) is 16.8. The Bertz CT molecular complexity index is 502. The second-order valence-corrected chi connectivity index (χ2v) is 6.57. The third-order valence-corrected chi connectivity index (χ3v) is 4.32. The van der Waals surface area contributed by atoms with Crippen LogP contribution in [0.3, 0.4) is 0 Å². The van der Waals surface area contributed by atoms with Crippen LogP contribution < -0.4 is 15.4 Å². The molecular weight excluding hydrogens is 276 g/mol. The Morgan fingerprint density at radius 2 is 2.14 bits per heavy atom. The fraction of sp³-hybridized carbons (Fsp3) is 0.611. The first-order chi connectivity index (χ1) is 10.5. The number of rotatable bonds is 5. The predicted molar refractivity (Wildman–Crippen MR) is 89.2 cm³/mol. The Balaban J connectivity index is 1.92. The Kier molecular flexibility index (Phi) is 5.83. The Labute approximate surface area is 133 Å². The molecule has 2 rings (SSSR count). The summed E-state index contributed by atoms with van der Waals surface area (Å²) in [5.74, 6) is 1.62. The van der Waals surface area contributed by atoms with Gasteiger partial charge in [-0.2, -0.15) is 0 Å². The highest BCUT2D eigenvalue weighted by Gasteiger charge is 2.25. The number of ether oxygens (including phenoxy) is 1. The highest BCUT2D eigenvalue weighted by molar-refractivity contribution is 5.81. The van der Waals surface area contributed by atoms with Crippen molar-refractivity contribution < 1.29 is 9.53 Å². The van der Waals surface area contributed by atoms with E-state index in [9.17, 15) is 4.79 Å². The standard InChI is InChI=1S/C18H28N2O2/c1-12(2)15-6-5-7-16(10-15)22-14(4)18(21)20-17-8-9-19-11-13(17)3/h5-7,10,12-14,17,19H,8-9,11H2,1-4H3,(H,20,21). The van der Waals surface area contributed by atoms with Crippen LogP contribution in [0.15, 0.2) is 24.3 Å². The SMILES string of the molecule is CC(Oc1cccc(C(C)C)c1)C(=O)NC1CCNCC1C. The van der Waals surface area contributed by atoms with Crippen LogP contribution in [0.5, 0.6) is 5.75 Å². The number of piperidine rings is 1. The number of hydrogen-bond acceptors (Lipinski definition) is 3. The molecule has 3 unspecified atom stereocenters. The van der Waals surface area contributed by atoms with Crippen molar-refractivity contribution in [2.24, 2.45) is 5.92 Å². The summed E-state index contributed by atoms with van der Waals surface area (Å²) in [6.45, 7) is 10.2. The molecule has 4 nitrogen and oxygen atoms in total. The fourth-order valence-electron chi connectivity index (χ4n) is 2.73. The van der Waals surface area contributed by atoms with Crippen LogP contribution in [0.2, 0.25) is 0 Å². The smallest absolute Gasteiger partial charge is 0.261 e. The van der Waals surface area contributed by atoms with Crippen molar-refractivity contribution in [1.82, 2.24) is 10.6 Å². The van der Waals surface area contributed by atoms with E-state index in [1.54, 1.807) is 0 Å². The summed E-state index contributed by atoms with van der Waals surface area (Å²) >= 11 is 0. The lowest BCUT2D eigenvalue weighted by Crippen LogP contribution is -2.51. The van der Waals surface area contributed by atoms with Gasteiger partial charge >= 0.3 is 0 Å². The summed E-state index contributed by atoms with van der Waals surface area (Å²) in [6, 6.07) is 8.22. The molecule has 0 spiro atoms. The molecular formula is C18H28N2O2. The molecule has 2 N–H and O–H groups in total. The highest BCUT2D eigenvalue weighted by atomic mass is 16.5. The molecule has 1 aromatic carbocycles. The van der Waals surface area contributed by atoms with Gasteiger partial charge in [0.15, 0.2) is 6.10 Å². The Hall–Kier alpha value is -1.55. The summed E-state index contributed by atoms with van der Waals surface area (Å²) in [5.41, 5.74) is 1.22. The van der Waals surface area contributed by atoms with Crippen molar-refractivity contribution in [1.29, 1.82) is 0 Å².